The quantitative estimate of drug-likeness (QED) is 0.810. The smallest absolute Gasteiger partial charge is 0.260 e. The average molecular weight is 248 g/mol. The van der Waals surface area contributed by atoms with Gasteiger partial charge in [0, 0.05) is 13.6 Å². The highest BCUT2D eigenvalue weighted by molar-refractivity contribution is 5.77. The number of likely N-dealkylation sites (N-methyl/N-ethyl adjacent to an activating group) is 1. The number of benzene rings is 1. The fraction of sp³-hybridized carbons (Fsp3) is 0.500. The van der Waals surface area contributed by atoms with Crippen LogP contribution in [0.5, 0.6) is 5.75 Å². The maximum atomic E-state index is 11.9. The van der Waals surface area contributed by atoms with Crippen LogP contribution in [-0.2, 0) is 4.79 Å². The lowest BCUT2D eigenvalue weighted by Gasteiger charge is -2.30. The molecule has 2 rings (SSSR count). The van der Waals surface area contributed by atoms with E-state index in [9.17, 15) is 4.79 Å². The Morgan fingerprint density at radius 3 is 2.78 bits per heavy atom. The Hall–Kier alpha value is -1.71. The summed E-state index contributed by atoms with van der Waals surface area (Å²) in [4.78, 5) is 13.6. The minimum absolute atomic E-state index is 0.00477. The molecule has 1 fully saturated rings. The fourth-order valence-corrected chi connectivity index (χ4v) is 2.03. The third-order valence-corrected chi connectivity index (χ3v) is 3.45. The molecular formula is C14H20N2O2. The van der Waals surface area contributed by atoms with E-state index in [1.54, 1.807) is 17.0 Å². The van der Waals surface area contributed by atoms with Crippen molar-refractivity contribution in [3.63, 3.8) is 0 Å². The van der Waals surface area contributed by atoms with Gasteiger partial charge in [-0.1, -0.05) is 18.6 Å². The average Bonchev–Trinajstić information content (AvgIpc) is 2.32. The van der Waals surface area contributed by atoms with Crippen molar-refractivity contribution in [2.45, 2.75) is 19.3 Å². The highest BCUT2D eigenvalue weighted by atomic mass is 16.5. The summed E-state index contributed by atoms with van der Waals surface area (Å²) in [6.07, 6.45) is 3.78. The Labute approximate surface area is 108 Å². The first-order chi connectivity index (χ1) is 8.66. The van der Waals surface area contributed by atoms with E-state index in [0.29, 0.717) is 17.4 Å². The molecule has 18 heavy (non-hydrogen) atoms. The molecule has 1 amide bonds. The number of carbonyl (C=O) groups is 1. The Morgan fingerprint density at radius 2 is 2.17 bits per heavy atom. The van der Waals surface area contributed by atoms with E-state index < -0.39 is 0 Å². The Morgan fingerprint density at radius 1 is 1.44 bits per heavy atom. The number of nitrogens with zero attached hydrogens (tertiary/aromatic N) is 1. The summed E-state index contributed by atoms with van der Waals surface area (Å²) in [5, 5.41) is 0. The first kappa shape index (κ1) is 12.7. The van der Waals surface area contributed by atoms with Crippen LogP contribution in [0.15, 0.2) is 24.3 Å². The number of carbonyl (C=O) groups excluding carboxylic acids is 1. The zero-order chi connectivity index (χ0) is 13.0. The molecule has 0 spiro atoms. The number of hydrogen-bond donors (Lipinski definition) is 1. The summed E-state index contributed by atoms with van der Waals surface area (Å²) in [5.74, 6) is 1.26. The minimum Gasteiger partial charge on any atom is -0.482 e. The SMILES string of the molecule is CN(CC1CCC1)C(=O)COc1ccccc1N. The summed E-state index contributed by atoms with van der Waals surface area (Å²) >= 11 is 0. The van der Waals surface area contributed by atoms with Gasteiger partial charge in [0.05, 0.1) is 5.69 Å². The summed E-state index contributed by atoms with van der Waals surface area (Å²) in [6, 6.07) is 7.22. The predicted molar refractivity (Wildman–Crippen MR) is 71.3 cm³/mol. The third kappa shape index (κ3) is 3.15. The van der Waals surface area contributed by atoms with Crippen LogP contribution in [0.4, 0.5) is 5.69 Å². The number of rotatable bonds is 5. The van der Waals surface area contributed by atoms with E-state index in [1.807, 2.05) is 19.2 Å². The van der Waals surface area contributed by atoms with E-state index in [1.165, 1.54) is 19.3 Å². The van der Waals surface area contributed by atoms with Crippen molar-refractivity contribution in [2.24, 2.45) is 5.92 Å². The van der Waals surface area contributed by atoms with Gasteiger partial charge in [0.1, 0.15) is 5.75 Å². The highest BCUT2D eigenvalue weighted by Crippen LogP contribution is 2.26. The molecule has 4 heteroatoms. The van der Waals surface area contributed by atoms with Gasteiger partial charge in [0.25, 0.3) is 5.91 Å². The zero-order valence-electron chi connectivity index (χ0n) is 10.8. The number of ether oxygens (including phenoxy) is 1. The topological polar surface area (TPSA) is 55.6 Å². The van der Waals surface area contributed by atoms with Gasteiger partial charge in [0.2, 0.25) is 0 Å². The lowest BCUT2D eigenvalue weighted by molar-refractivity contribution is -0.132. The molecule has 0 atom stereocenters. The molecule has 0 radical (unpaired) electrons. The lowest BCUT2D eigenvalue weighted by atomic mass is 9.85. The Kier molecular flexibility index (Phi) is 4.07. The van der Waals surface area contributed by atoms with E-state index >= 15 is 0 Å². The standard InChI is InChI=1S/C14H20N2O2/c1-16(9-11-5-4-6-11)14(17)10-18-13-8-3-2-7-12(13)15/h2-3,7-8,11H,4-6,9-10,15H2,1H3. The van der Waals surface area contributed by atoms with Gasteiger partial charge >= 0.3 is 0 Å². The van der Waals surface area contributed by atoms with Crippen molar-refractivity contribution in [3.8, 4) is 5.75 Å². The van der Waals surface area contributed by atoms with Crippen molar-refractivity contribution < 1.29 is 9.53 Å². The molecule has 98 valence electrons. The molecule has 1 aliphatic carbocycles. The normalized spacial score (nSPS) is 14.9. The monoisotopic (exact) mass is 248 g/mol. The maximum absolute atomic E-state index is 11.9. The third-order valence-electron chi connectivity index (χ3n) is 3.45. The Balaban J connectivity index is 1.78. The van der Waals surface area contributed by atoms with E-state index in [0.717, 1.165) is 6.54 Å². The van der Waals surface area contributed by atoms with Gasteiger partial charge < -0.3 is 15.4 Å². The second kappa shape index (κ2) is 5.76. The summed E-state index contributed by atoms with van der Waals surface area (Å²) < 4.78 is 5.44. The van der Waals surface area contributed by atoms with Gasteiger partial charge in [0.15, 0.2) is 6.61 Å². The number of hydrogen-bond acceptors (Lipinski definition) is 3. The molecule has 4 nitrogen and oxygen atoms in total. The van der Waals surface area contributed by atoms with E-state index in [-0.39, 0.29) is 12.5 Å². The largest absolute Gasteiger partial charge is 0.482 e. The van der Waals surface area contributed by atoms with Crippen LogP contribution in [0, 0.1) is 5.92 Å². The van der Waals surface area contributed by atoms with Crippen molar-refractivity contribution in [1.29, 1.82) is 0 Å². The minimum atomic E-state index is 0.00477. The summed E-state index contributed by atoms with van der Waals surface area (Å²) in [6.45, 7) is 0.893. The van der Waals surface area contributed by atoms with Crippen LogP contribution in [0.3, 0.4) is 0 Å². The number of nitrogens with two attached hydrogens (primary N) is 1. The lowest BCUT2D eigenvalue weighted by Crippen LogP contribution is -2.37. The van der Waals surface area contributed by atoms with Gasteiger partial charge in [-0.15, -0.1) is 0 Å². The first-order valence-corrected chi connectivity index (χ1v) is 6.38. The Bertz CT molecular complexity index is 416. The molecular weight excluding hydrogens is 228 g/mol. The molecule has 1 saturated carbocycles. The van der Waals surface area contributed by atoms with Gasteiger partial charge in [-0.25, -0.2) is 0 Å². The van der Waals surface area contributed by atoms with Gasteiger partial charge in [-0.05, 0) is 30.9 Å². The number of amides is 1. The summed E-state index contributed by atoms with van der Waals surface area (Å²) in [5.41, 5.74) is 6.31. The molecule has 0 heterocycles. The van der Waals surface area contributed by atoms with Gasteiger partial charge in [-0.2, -0.15) is 0 Å². The zero-order valence-corrected chi connectivity index (χ0v) is 10.8. The van der Waals surface area contributed by atoms with Crippen LogP contribution < -0.4 is 10.5 Å². The van der Waals surface area contributed by atoms with Crippen LogP contribution in [0.25, 0.3) is 0 Å². The predicted octanol–water partition coefficient (Wildman–Crippen LogP) is 1.91. The second-order valence-corrected chi connectivity index (χ2v) is 4.90. The van der Waals surface area contributed by atoms with Crippen LogP contribution in [0.2, 0.25) is 0 Å². The number of anilines is 1. The number of nitrogen functional groups attached to an aromatic ring is 1. The molecule has 1 aromatic rings. The van der Waals surface area contributed by atoms with Crippen LogP contribution >= 0.6 is 0 Å². The first-order valence-electron chi connectivity index (χ1n) is 6.38. The van der Waals surface area contributed by atoms with Crippen molar-refractivity contribution in [3.05, 3.63) is 24.3 Å². The molecule has 2 N–H and O–H groups in total. The molecule has 0 unspecified atom stereocenters. The molecule has 1 aromatic carbocycles. The van der Waals surface area contributed by atoms with Crippen LogP contribution in [0.1, 0.15) is 19.3 Å². The maximum Gasteiger partial charge on any atom is 0.260 e. The molecule has 0 bridgehead atoms. The highest BCUT2D eigenvalue weighted by Gasteiger charge is 2.21. The second-order valence-electron chi connectivity index (χ2n) is 4.90. The van der Waals surface area contributed by atoms with Gasteiger partial charge in [-0.3, -0.25) is 4.79 Å². The molecule has 0 aliphatic heterocycles. The molecule has 1 aliphatic rings. The summed E-state index contributed by atoms with van der Waals surface area (Å²) in [7, 11) is 1.83. The fourth-order valence-electron chi connectivity index (χ4n) is 2.03. The number of para-hydroxylation sites is 2. The van der Waals surface area contributed by atoms with Crippen molar-refractivity contribution in [1.82, 2.24) is 4.90 Å². The van der Waals surface area contributed by atoms with Crippen molar-refractivity contribution >= 4 is 11.6 Å². The van der Waals surface area contributed by atoms with Crippen LogP contribution in [-0.4, -0.2) is 31.0 Å². The molecule has 0 aromatic heterocycles. The van der Waals surface area contributed by atoms with E-state index in [2.05, 4.69) is 0 Å². The van der Waals surface area contributed by atoms with Crippen molar-refractivity contribution in [2.75, 3.05) is 25.9 Å². The molecule has 0 saturated heterocycles. The van der Waals surface area contributed by atoms with E-state index in [4.69, 9.17) is 10.5 Å².